The van der Waals surface area contributed by atoms with Crippen LogP contribution in [0.2, 0.25) is 0 Å². The van der Waals surface area contributed by atoms with Gasteiger partial charge in [0, 0.05) is 25.3 Å². The molecule has 1 aliphatic heterocycles. The van der Waals surface area contributed by atoms with Gasteiger partial charge in [-0.1, -0.05) is 6.92 Å². The first-order chi connectivity index (χ1) is 8.35. The number of carbonyl (C=O) groups is 2. The summed E-state index contributed by atoms with van der Waals surface area (Å²) in [6, 6.07) is -0.575. The van der Waals surface area contributed by atoms with Gasteiger partial charge in [0.25, 0.3) is 0 Å². The van der Waals surface area contributed by atoms with Gasteiger partial charge < -0.3 is 10.2 Å². The van der Waals surface area contributed by atoms with Crippen molar-refractivity contribution in [2.24, 2.45) is 0 Å². The number of rotatable bonds is 5. The Bertz CT molecular complexity index is 419. The highest BCUT2D eigenvalue weighted by molar-refractivity contribution is 7.91. The van der Waals surface area contributed by atoms with Crippen molar-refractivity contribution in [2.45, 2.75) is 32.7 Å². The topological polar surface area (TPSA) is 83.6 Å². The number of hydrogen-bond donors (Lipinski definition) is 1. The molecule has 104 valence electrons. The molecule has 1 heterocycles. The van der Waals surface area contributed by atoms with Crippen LogP contribution < -0.4 is 5.32 Å². The van der Waals surface area contributed by atoms with Gasteiger partial charge in [-0.15, -0.1) is 0 Å². The van der Waals surface area contributed by atoms with Crippen molar-refractivity contribution >= 4 is 21.7 Å². The number of nitrogens with one attached hydrogen (secondary N) is 1. The number of amides is 2. The number of hydrogen-bond acceptors (Lipinski definition) is 4. The minimum absolute atomic E-state index is 0.0342. The van der Waals surface area contributed by atoms with Gasteiger partial charge in [0.2, 0.25) is 11.8 Å². The lowest BCUT2D eigenvalue weighted by Gasteiger charge is -2.22. The average Bonchev–Trinajstić information content (AvgIpc) is 2.38. The van der Waals surface area contributed by atoms with Crippen LogP contribution in [-0.2, 0) is 19.4 Å². The minimum atomic E-state index is -3.10. The van der Waals surface area contributed by atoms with Gasteiger partial charge in [0.05, 0.1) is 5.75 Å². The van der Waals surface area contributed by atoms with E-state index in [1.807, 2.05) is 0 Å². The van der Waals surface area contributed by atoms with Crippen LogP contribution in [0.4, 0.5) is 0 Å². The molecule has 0 radical (unpaired) electrons. The van der Waals surface area contributed by atoms with E-state index in [1.165, 1.54) is 4.90 Å². The van der Waals surface area contributed by atoms with Crippen LogP contribution in [-0.4, -0.2) is 55.8 Å². The molecule has 0 aliphatic carbocycles. The van der Waals surface area contributed by atoms with Gasteiger partial charge in [0.1, 0.15) is 6.04 Å². The molecule has 0 saturated carbocycles. The van der Waals surface area contributed by atoms with Gasteiger partial charge in [-0.25, -0.2) is 8.42 Å². The molecule has 1 rings (SSSR count). The van der Waals surface area contributed by atoms with Gasteiger partial charge in [-0.2, -0.15) is 0 Å². The fourth-order valence-electron chi connectivity index (χ4n) is 1.88. The molecule has 2 amide bonds. The van der Waals surface area contributed by atoms with E-state index in [9.17, 15) is 18.0 Å². The molecule has 0 spiro atoms. The normalized spacial score (nSPS) is 21.7. The van der Waals surface area contributed by atoms with E-state index in [0.29, 0.717) is 6.42 Å². The molecule has 0 aromatic rings. The largest absolute Gasteiger partial charge is 0.345 e. The van der Waals surface area contributed by atoms with E-state index < -0.39 is 15.9 Å². The zero-order valence-electron chi connectivity index (χ0n) is 10.8. The smallest absolute Gasteiger partial charge is 0.244 e. The molecule has 1 saturated heterocycles. The quantitative estimate of drug-likeness (QED) is 0.737. The molecule has 6 nitrogen and oxygen atoms in total. The molecule has 1 unspecified atom stereocenters. The zero-order valence-corrected chi connectivity index (χ0v) is 11.6. The number of nitrogens with zero attached hydrogens (tertiary/aromatic N) is 1. The summed E-state index contributed by atoms with van der Waals surface area (Å²) in [5.41, 5.74) is 0. The summed E-state index contributed by atoms with van der Waals surface area (Å²) in [6.07, 6.45) is 0.802. The number of sulfone groups is 1. The Morgan fingerprint density at radius 3 is 2.61 bits per heavy atom. The van der Waals surface area contributed by atoms with Crippen molar-refractivity contribution in [3.63, 3.8) is 0 Å². The third kappa shape index (κ3) is 4.29. The van der Waals surface area contributed by atoms with E-state index in [1.54, 1.807) is 13.8 Å². The molecule has 1 atom stereocenters. The van der Waals surface area contributed by atoms with E-state index >= 15 is 0 Å². The van der Waals surface area contributed by atoms with Crippen LogP contribution in [0.25, 0.3) is 0 Å². The molecule has 7 heteroatoms. The van der Waals surface area contributed by atoms with Crippen LogP contribution in [0.3, 0.4) is 0 Å². The van der Waals surface area contributed by atoms with Gasteiger partial charge in [0.15, 0.2) is 9.84 Å². The number of carbonyl (C=O) groups excluding carboxylic acids is 2. The Labute approximate surface area is 108 Å². The van der Waals surface area contributed by atoms with E-state index in [4.69, 9.17) is 0 Å². The van der Waals surface area contributed by atoms with Crippen molar-refractivity contribution in [2.75, 3.05) is 24.6 Å². The maximum atomic E-state index is 11.9. The van der Waals surface area contributed by atoms with Gasteiger partial charge in [-0.3, -0.25) is 9.59 Å². The molecule has 18 heavy (non-hydrogen) atoms. The van der Waals surface area contributed by atoms with Crippen molar-refractivity contribution in [1.29, 1.82) is 0 Å². The average molecular weight is 276 g/mol. The summed E-state index contributed by atoms with van der Waals surface area (Å²) >= 11 is 0. The predicted octanol–water partition coefficient (Wildman–Crippen LogP) is -0.452. The van der Waals surface area contributed by atoms with Gasteiger partial charge >= 0.3 is 0 Å². The molecule has 1 aliphatic rings. The predicted molar refractivity (Wildman–Crippen MR) is 67.7 cm³/mol. The second kappa shape index (κ2) is 6.17. The standard InChI is InChI=1S/C11H20N2O4S/c1-3-7-18(16,17)8-6-13-5-4-10(14)12-9(2)11(13)15/h9H,3-8H2,1-2H3,(H,12,14). The van der Waals surface area contributed by atoms with Crippen LogP contribution in [0.1, 0.15) is 26.7 Å². The van der Waals surface area contributed by atoms with Crippen LogP contribution in [0.15, 0.2) is 0 Å². The summed E-state index contributed by atoms with van der Waals surface area (Å²) in [7, 11) is -3.10. The fraction of sp³-hybridized carbons (Fsp3) is 0.818. The lowest BCUT2D eigenvalue weighted by Crippen LogP contribution is -2.44. The molecule has 1 N–H and O–H groups in total. The van der Waals surface area contributed by atoms with Crippen molar-refractivity contribution < 1.29 is 18.0 Å². The SMILES string of the molecule is CCCS(=O)(=O)CCN1CCC(=O)NC(C)C1=O. The first-order valence-electron chi connectivity index (χ1n) is 6.14. The summed E-state index contributed by atoms with van der Waals surface area (Å²) in [4.78, 5) is 24.6. The monoisotopic (exact) mass is 276 g/mol. The Balaban J connectivity index is 2.60. The Morgan fingerprint density at radius 1 is 1.33 bits per heavy atom. The Morgan fingerprint density at radius 2 is 2.00 bits per heavy atom. The van der Waals surface area contributed by atoms with Crippen molar-refractivity contribution in [3.8, 4) is 0 Å². The molecule has 0 aromatic carbocycles. The van der Waals surface area contributed by atoms with Crippen LogP contribution in [0.5, 0.6) is 0 Å². The second-order valence-corrected chi connectivity index (χ2v) is 6.82. The summed E-state index contributed by atoms with van der Waals surface area (Å²) < 4.78 is 23.2. The summed E-state index contributed by atoms with van der Waals surface area (Å²) in [5.74, 6) is -0.280. The van der Waals surface area contributed by atoms with Gasteiger partial charge in [-0.05, 0) is 13.3 Å². The first-order valence-corrected chi connectivity index (χ1v) is 7.96. The van der Waals surface area contributed by atoms with E-state index in [0.717, 1.165) is 0 Å². The highest BCUT2D eigenvalue weighted by Crippen LogP contribution is 2.04. The molecular formula is C11H20N2O4S. The zero-order chi connectivity index (χ0) is 13.8. The Kier molecular flexibility index (Phi) is 5.13. The maximum absolute atomic E-state index is 11.9. The summed E-state index contributed by atoms with van der Waals surface area (Å²) in [5, 5.41) is 2.56. The lowest BCUT2D eigenvalue weighted by atomic mass is 10.3. The van der Waals surface area contributed by atoms with Crippen LogP contribution >= 0.6 is 0 Å². The third-order valence-electron chi connectivity index (χ3n) is 2.86. The Hall–Kier alpha value is -1.11. The van der Waals surface area contributed by atoms with Crippen molar-refractivity contribution in [1.82, 2.24) is 10.2 Å². The molecule has 0 aromatic heterocycles. The fourth-order valence-corrected chi connectivity index (χ4v) is 3.20. The second-order valence-electron chi connectivity index (χ2n) is 4.52. The summed E-state index contributed by atoms with van der Waals surface area (Å²) in [6.45, 7) is 3.87. The van der Waals surface area contributed by atoms with Crippen LogP contribution in [0, 0.1) is 0 Å². The van der Waals surface area contributed by atoms with E-state index in [2.05, 4.69) is 5.32 Å². The first kappa shape index (κ1) is 14.9. The lowest BCUT2D eigenvalue weighted by molar-refractivity contribution is -0.132. The highest BCUT2D eigenvalue weighted by Gasteiger charge is 2.27. The van der Waals surface area contributed by atoms with Crippen molar-refractivity contribution in [3.05, 3.63) is 0 Å². The minimum Gasteiger partial charge on any atom is -0.345 e. The molecule has 1 fully saturated rings. The maximum Gasteiger partial charge on any atom is 0.244 e. The molecular weight excluding hydrogens is 256 g/mol. The third-order valence-corrected chi connectivity index (χ3v) is 4.69. The van der Waals surface area contributed by atoms with E-state index in [-0.39, 0.29) is 42.8 Å². The highest BCUT2D eigenvalue weighted by atomic mass is 32.2. The molecule has 0 bridgehead atoms.